The average molecular weight is 358 g/mol. The summed E-state index contributed by atoms with van der Waals surface area (Å²) in [6.45, 7) is 0. The highest BCUT2D eigenvalue weighted by Crippen LogP contribution is 2.40. The summed E-state index contributed by atoms with van der Waals surface area (Å²) >= 11 is 0. The van der Waals surface area contributed by atoms with Crippen LogP contribution >= 0.6 is 0 Å². The molecule has 26 heavy (non-hydrogen) atoms. The van der Waals surface area contributed by atoms with Gasteiger partial charge in [0.05, 0.1) is 0 Å². The van der Waals surface area contributed by atoms with Gasteiger partial charge in [0.15, 0.2) is 6.10 Å². The van der Waals surface area contributed by atoms with Crippen LogP contribution in [0.3, 0.4) is 0 Å². The van der Waals surface area contributed by atoms with Crippen molar-refractivity contribution in [2.24, 2.45) is 11.7 Å². The molecule has 0 spiro atoms. The Morgan fingerprint density at radius 1 is 0.962 bits per heavy atom. The lowest BCUT2D eigenvalue weighted by molar-refractivity contribution is -0.119. The Morgan fingerprint density at radius 2 is 1.65 bits per heavy atom. The number of unbranched alkanes of at least 4 members (excludes halogenated alkanes) is 5. The van der Waals surface area contributed by atoms with E-state index in [1.165, 1.54) is 82.6 Å². The molecule has 2 unspecified atom stereocenters. The van der Waals surface area contributed by atoms with Crippen molar-refractivity contribution in [1.82, 2.24) is 0 Å². The fourth-order valence-corrected chi connectivity index (χ4v) is 4.54. The summed E-state index contributed by atoms with van der Waals surface area (Å²) in [6.07, 6.45) is 17.5. The predicted octanol–water partition coefficient (Wildman–Crippen LogP) is 5.47. The van der Waals surface area contributed by atoms with E-state index in [1.54, 1.807) is 0 Å². The number of primary amides is 1. The molecule has 0 bridgehead atoms. The van der Waals surface area contributed by atoms with Crippen LogP contribution in [-0.2, 0) is 16.0 Å². The van der Waals surface area contributed by atoms with E-state index >= 15 is 0 Å². The largest absolute Gasteiger partial charge is 0.367 e. The molecule has 1 aliphatic heterocycles. The molecule has 0 aromatic heterocycles. The first kappa shape index (κ1) is 19.4. The van der Waals surface area contributed by atoms with Crippen LogP contribution in [0.15, 0.2) is 24.3 Å². The van der Waals surface area contributed by atoms with Crippen molar-refractivity contribution in [3.8, 4) is 0 Å². The molecule has 0 radical (unpaired) electrons. The average Bonchev–Trinajstić information content (AvgIpc) is 3.46. The molecule has 1 heterocycles. The number of ether oxygens (including phenoxy) is 1. The van der Waals surface area contributed by atoms with E-state index in [0.717, 1.165) is 17.9 Å². The third kappa shape index (κ3) is 5.84. The van der Waals surface area contributed by atoms with Crippen molar-refractivity contribution in [1.29, 1.82) is 0 Å². The number of carbonyl (C=O) groups is 1. The molecule has 2 N–H and O–H groups in total. The molecule has 1 amide bonds. The lowest BCUT2D eigenvalue weighted by Gasteiger charge is -2.21. The smallest absolute Gasteiger partial charge is 0.249 e. The van der Waals surface area contributed by atoms with Gasteiger partial charge in [-0.1, -0.05) is 94.9 Å². The first-order valence-electron chi connectivity index (χ1n) is 10.8. The van der Waals surface area contributed by atoms with Crippen LogP contribution < -0.4 is 5.73 Å². The van der Waals surface area contributed by atoms with Crippen LogP contribution in [0, 0.1) is 5.92 Å². The Balaban J connectivity index is 1.27. The summed E-state index contributed by atoms with van der Waals surface area (Å²) in [5.74, 6) is 0.687. The van der Waals surface area contributed by atoms with Gasteiger partial charge < -0.3 is 10.5 Å². The van der Waals surface area contributed by atoms with Crippen molar-refractivity contribution in [3.63, 3.8) is 0 Å². The minimum atomic E-state index is -0.416. The quantitative estimate of drug-likeness (QED) is 0.422. The summed E-state index contributed by atoms with van der Waals surface area (Å²) in [7, 11) is 0. The van der Waals surface area contributed by atoms with Gasteiger partial charge in [0.1, 0.15) is 6.10 Å². The third-order valence-electron chi connectivity index (χ3n) is 6.17. The van der Waals surface area contributed by atoms with Crippen molar-refractivity contribution >= 4 is 5.91 Å². The zero-order chi connectivity index (χ0) is 18.2. The van der Waals surface area contributed by atoms with E-state index in [2.05, 4.69) is 18.2 Å². The first-order valence-corrected chi connectivity index (χ1v) is 10.8. The Bertz CT molecular complexity index is 565. The summed E-state index contributed by atoms with van der Waals surface area (Å²) < 4.78 is 5.45. The Labute approximate surface area is 158 Å². The first-order chi connectivity index (χ1) is 12.8. The maximum absolute atomic E-state index is 11.2. The Morgan fingerprint density at radius 3 is 2.38 bits per heavy atom. The lowest BCUT2D eigenvalue weighted by atomic mass is 9.85. The summed E-state index contributed by atoms with van der Waals surface area (Å²) in [6, 6.07) is 8.34. The molecule has 3 rings (SSSR count). The van der Waals surface area contributed by atoms with Gasteiger partial charge in [0, 0.05) is 0 Å². The third-order valence-corrected chi connectivity index (χ3v) is 6.17. The maximum atomic E-state index is 11.2. The van der Waals surface area contributed by atoms with Crippen LogP contribution in [-0.4, -0.2) is 12.0 Å². The SMILES string of the molecule is NC(=O)C1OC1c1ccccc1CCCCCCCCC1CCCCC1. The Hall–Kier alpha value is -1.35. The number of epoxide rings is 1. The van der Waals surface area contributed by atoms with Crippen LogP contribution in [0.4, 0.5) is 0 Å². The summed E-state index contributed by atoms with van der Waals surface area (Å²) in [4.78, 5) is 11.2. The molecule has 1 aromatic rings. The van der Waals surface area contributed by atoms with Gasteiger partial charge >= 0.3 is 0 Å². The minimum Gasteiger partial charge on any atom is -0.367 e. The second-order valence-corrected chi connectivity index (χ2v) is 8.24. The highest BCUT2D eigenvalue weighted by Gasteiger charge is 2.45. The number of aryl methyl sites for hydroxylation is 1. The van der Waals surface area contributed by atoms with Gasteiger partial charge in [0.25, 0.3) is 0 Å². The van der Waals surface area contributed by atoms with Crippen molar-refractivity contribution in [2.75, 3.05) is 0 Å². The second-order valence-electron chi connectivity index (χ2n) is 8.24. The maximum Gasteiger partial charge on any atom is 0.249 e. The molecule has 2 fully saturated rings. The summed E-state index contributed by atoms with van der Waals surface area (Å²) in [5.41, 5.74) is 7.81. The number of benzene rings is 1. The normalized spacial score (nSPS) is 23.1. The van der Waals surface area contributed by atoms with Crippen LogP contribution in [0.2, 0.25) is 0 Å². The number of rotatable bonds is 11. The minimum absolute atomic E-state index is 0.108. The van der Waals surface area contributed by atoms with E-state index in [4.69, 9.17) is 10.5 Å². The van der Waals surface area contributed by atoms with E-state index in [1.807, 2.05) is 6.07 Å². The highest BCUT2D eigenvalue weighted by molar-refractivity contribution is 5.82. The number of amides is 1. The van der Waals surface area contributed by atoms with Gasteiger partial charge in [0.2, 0.25) is 5.91 Å². The van der Waals surface area contributed by atoms with E-state index < -0.39 is 6.10 Å². The van der Waals surface area contributed by atoms with Gasteiger partial charge in [-0.3, -0.25) is 4.79 Å². The van der Waals surface area contributed by atoms with Crippen LogP contribution in [0.25, 0.3) is 0 Å². The molecule has 2 aliphatic rings. The van der Waals surface area contributed by atoms with E-state index in [9.17, 15) is 4.79 Å². The van der Waals surface area contributed by atoms with Gasteiger partial charge in [-0.25, -0.2) is 0 Å². The number of nitrogens with two attached hydrogens (primary N) is 1. The predicted molar refractivity (Wildman–Crippen MR) is 106 cm³/mol. The van der Waals surface area contributed by atoms with E-state index in [0.29, 0.717) is 0 Å². The van der Waals surface area contributed by atoms with Crippen molar-refractivity contribution in [3.05, 3.63) is 35.4 Å². The monoisotopic (exact) mass is 357 g/mol. The molecular weight excluding hydrogens is 322 g/mol. The van der Waals surface area contributed by atoms with Gasteiger partial charge in [-0.2, -0.15) is 0 Å². The molecule has 1 saturated heterocycles. The van der Waals surface area contributed by atoms with Crippen molar-refractivity contribution in [2.45, 2.75) is 95.7 Å². The number of hydrogen-bond donors (Lipinski definition) is 1. The van der Waals surface area contributed by atoms with E-state index in [-0.39, 0.29) is 12.0 Å². The highest BCUT2D eigenvalue weighted by atomic mass is 16.6. The van der Waals surface area contributed by atoms with Gasteiger partial charge in [-0.15, -0.1) is 0 Å². The number of carbonyl (C=O) groups excluding carboxylic acids is 1. The molecule has 3 heteroatoms. The Kier molecular flexibility index (Phi) is 7.55. The van der Waals surface area contributed by atoms with Crippen LogP contribution in [0.1, 0.15) is 94.3 Å². The molecule has 1 saturated carbocycles. The molecule has 2 atom stereocenters. The molecule has 3 nitrogen and oxygen atoms in total. The standard InChI is InChI=1S/C23H35NO2/c24-23(25)22-21(26-22)20-17-11-10-16-19(20)15-9-4-2-1-3-6-12-18-13-7-5-8-14-18/h10-11,16-18,21-22H,1-9,12-15H2,(H2,24,25). The second kappa shape index (κ2) is 10.1. The number of hydrogen-bond acceptors (Lipinski definition) is 2. The molecule has 1 aromatic carbocycles. The molecular formula is C23H35NO2. The lowest BCUT2D eigenvalue weighted by Crippen LogP contribution is -2.18. The molecule has 1 aliphatic carbocycles. The zero-order valence-corrected chi connectivity index (χ0v) is 16.1. The molecule has 144 valence electrons. The summed E-state index contributed by atoms with van der Waals surface area (Å²) in [5, 5.41) is 0. The topological polar surface area (TPSA) is 55.6 Å². The zero-order valence-electron chi connectivity index (χ0n) is 16.1. The fourth-order valence-electron chi connectivity index (χ4n) is 4.54. The van der Waals surface area contributed by atoms with Gasteiger partial charge in [-0.05, 0) is 29.9 Å². The van der Waals surface area contributed by atoms with Crippen LogP contribution in [0.5, 0.6) is 0 Å². The fraction of sp³-hybridized carbons (Fsp3) is 0.696. The van der Waals surface area contributed by atoms with Crippen molar-refractivity contribution < 1.29 is 9.53 Å².